The number of pyridine rings is 1. The van der Waals surface area contributed by atoms with E-state index in [2.05, 4.69) is 9.88 Å². The standard InChI is InChI=1S/C11H13Cl2N3O/c1-15-2-4-16(5-3-15)11(17)10-9(13)6-8(12)7-14-10/h6-7H,2-5H2,1H3. The van der Waals surface area contributed by atoms with E-state index in [-0.39, 0.29) is 11.6 Å². The van der Waals surface area contributed by atoms with Gasteiger partial charge in [0, 0.05) is 32.4 Å². The highest BCUT2D eigenvalue weighted by Gasteiger charge is 2.23. The number of aromatic nitrogens is 1. The lowest BCUT2D eigenvalue weighted by atomic mass is 10.2. The topological polar surface area (TPSA) is 36.4 Å². The van der Waals surface area contributed by atoms with Crippen LogP contribution >= 0.6 is 23.2 Å². The van der Waals surface area contributed by atoms with E-state index < -0.39 is 0 Å². The molecule has 1 aromatic rings. The number of hydrogen-bond acceptors (Lipinski definition) is 3. The third kappa shape index (κ3) is 2.89. The van der Waals surface area contributed by atoms with Gasteiger partial charge in [0.15, 0.2) is 0 Å². The number of halogens is 2. The van der Waals surface area contributed by atoms with Gasteiger partial charge in [-0.3, -0.25) is 4.79 Å². The molecule has 1 aliphatic rings. The molecule has 2 rings (SSSR count). The molecular formula is C11H13Cl2N3O. The molecule has 0 aliphatic carbocycles. The van der Waals surface area contributed by atoms with Gasteiger partial charge >= 0.3 is 0 Å². The Hall–Kier alpha value is -0.840. The van der Waals surface area contributed by atoms with E-state index in [1.807, 2.05) is 7.05 Å². The highest BCUT2D eigenvalue weighted by atomic mass is 35.5. The van der Waals surface area contributed by atoms with E-state index >= 15 is 0 Å². The Morgan fingerprint density at radius 3 is 2.53 bits per heavy atom. The molecule has 0 spiro atoms. The van der Waals surface area contributed by atoms with Gasteiger partial charge in [-0.05, 0) is 13.1 Å². The second-order valence-corrected chi connectivity index (χ2v) is 4.92. The van der Waals surface area contributed by atoms with Crippen LogP contribution in [-0.2, 0) is 0 Å². The van der Waals surface area contributed by atoms with Crippen LogP contribution in [0.25, 0.3) is 0 Å². The third-order valence-corrected chi connectivity index (χ3v) is 3.30. The molecule has 0 unspecified atom stereocenters. The summed E-state index contributed by atoms with van der Waals surface area (Å²) in [5.74, 6) is -0.125. The molecule has 0 saturated carbocycles. The maximum atomic E-state index is 12.2. The van der Waals surface area contributed by atoms with Crippen molar-refractivity contribution in [3.63, 3.8) is 0 Å². The second-order valence-electron chi connectivity index (χ2n) is 4.08. The Morgan fingerprint density at radius 2 is 1.94 bits per heavy atom. The molecule has 4 nitrogen and oxygen atoms in total. The molecule has 0 bridgehead atoms. The molecule has 92 valence electrons. The van der Waals surface area contributed by atoms with Crippen LogP contribution in [0, 0.1) is 0 Å². The lowest BCUT2D eigenvalue weighted by molar-refractivity contribution is 0.0658. The fraction of sp³-hybridized carbons (Fsp3) is 0.455. The van der Waals surface area contributed by atoms with Crippen LogP contribution in [0.2, 0.25) is 10.0 Å². The number of amides is 1. The molecule has 1 aliphatic heterocycles. The van der Waals surface area contributed by atoms with E-state index in [1.54, 1.807) is 11.0 Å². The molecule has 17 heavy (non-hydrogen) atoms. The number of carbonyl (C=O) groups excluding carboxylic acids is 1. The normalized spacial score (nSPS) is 17.2. The Kier molecular flexibility index (Phi) is 3.86. The lowest BCUT2D eigenvalue weighted by Gasteiger charge is -2.32. The summed E-state index contributed by atoms with van der Waals surface area (Å²) < 4.78 is 0. The fourth-order valence-corrected chi connectivity index (χ4v) is 2.19. The molecular weight excluding hydrogens is 261 g/mol. The first-order valence-corrected chi connectivity index (χ1v) is 6.12. The number of piperazine rings is 1. The SMILES string of the molecule is CN1CCN(C(=O)c2ncc(Cl)cc2Cl)CC1. The first-order chi connectivity index (χ1) is 8.08. The number of hydrogen-bond donors (Lipinski definition) is 0. The summed E-state index contributed by atoms with van der Waals surface area (Å²) >= 11 is 11.7. The minimum Gasteiger partial charge on any atom is -0.335 e. The molecule has 0 aromatic carbocycles. The van der Waals surface area contributed by atoms with Gasteiger partial charge in [-0.1, -0.05) is 23.2 Å². The van der Waals surface area contributed by atoms with E-state index in [0.29, 0.717) is 23.1 Å². The molecule has 0 radical (unpaired) electrons. The van der Waals surface area contributed by atoms with Crippen molar-refractivity contribution in [3.05, 3.63) is 28.0 Å². The maximum Gasteiger partial charge on any atom is 0.274 e. The van der Waals surface area contributed by atoms with Crippen molar-refractivity contribution in [2.45, 2.75) is 0 Å². The van der Waals surface area contributed by atoms with E-state index in [4.69, 9.17) is 23.2 Å². The van der Waals surface area contributed by atoms with Gasteiger partial charge in [0.25, 0.3) is 5.91 Å². The average molecular weight is 274 g/mol. The van der Waals surface area contributed by atoms with Crippen LogP contribution in [-0.4, -0.2) is 53.9 Å². The molecule has 0 atom stereocenters. The lowest BCUT2D eigenvalue weighted by Crippen LogP contribution is -2.47. The van der Waals surface area contributed by atoms with Crippen molar-refractivity contribution in [1.82, 2.24) is 14.8 Å². The Labute approximate surface area is 110 Å². The smallest absolute Gasteiger partial charge is 0.274 e. The van der Waals surface area contributed by atoms with Gasteiger partial charge in [-0.25, -0.2) is 4.98 Å². The Bertz CT molecular complexity index is 431. The molecule has 1 saturated heterocycles. The zero-order valence-corrected chi connectivity index (χ0v) is 11.0. The summed E-state index contributed by atoms with van der Waals surface area (Å²) in [6.07, 6.45) is 1.44. The quantitative estimate of drug-likeness (QED) is 0.783. The maximum absolute atomic E-state index is 12.2. The average Bonchev–Trinajstić information content (AvgIpc) is 2.29. The molecule has 1 amide bonds. The molecule has 6 heteroatoms. The van der Waals surface area contributed by atoms with Crippen LogP contribution in [0.5, 0.6) is 0 Å². The van der Waals surface area contributed by atoms with Crippen LogP contribution < -0.4 is 0 Å². The molecule has 1 fully saturated rings. The highest BCUT2D eigenvalue weighted by molar-refractivity contribution is 6.36. The first-order valence-electron chi connectivity index (χ1n) is 5.37. The molecule has 2 heterocycles. The summed E-state index contributed by atoms with van der Waals surface area (Å²) in [6.45, 7) is 3.15. The van der Waals surface area contributed by atoms with Crippen molar-refractivity contribution in [3.8, 4) is 0 Å². The fourth-order valence-electron chi connectivity index (χ4n) is 1.73. The second kappa shape index (κ2) is 5.21. The van der Waals surface area contributed by atoms with E-state index in [1.165, 1.54) is 6.20 Å². The number of rotatable bonds is 1. The van der Waals surface area contributed by atoms with Gasteiger partial charge in [0.1, 0.15) is 5.69 Å². The van der Waals surface area contributed by atoms with Crippen LogP contribution in [0.15, 0.2) is 12.3 Å². The predicted octanol–water partition coefficient (Wildman–Crippen LogP) is 1.78. The largest absolute Gasteiger partial charge is 0.335 e. The summed E-state index contributed by atoms with van der Waals surface area (Å²) in [5.41, 5.74) is 0.278. The van der Waals surface area contributed by atoms with Crippen molar-refractivity contribution >= 4 is 29.1 Å². The highest BCUT2D eigenvalue weighted by Crippen LogP contribution is 2.20. The zero-order chi connectivity index (χ0) is 12.4. The molecule has 0 N–H and O–H groups in total. The minimum atomic E-state index is -0.125. The van der Waals surface area contributed by atoms with Gasteiger partial charge in [0.05, 0.1) is 10.0 Å². The number of carbonyl (C=O) groups is 1. The van der Waals surface area contributed by atoms with Crippen molar-refractivity contribution in [2.75, 3.05) is 33.2 Å². The Morgan fingerprint density at radius 1 is 1.29 bits per heavy atom. The summed E-state index contributed by atoms with van der Waals surface area (Å²) in [4.78, 5) is 20.1. The summed E-state index contributed by atoms with van der Waals surface area (Å²) in [7, 11) is 2.04. The molecule has 1 aromatic heterocycles. The number of nitrogens with zero attached hydrogens (tertiary/aromatic N) is 3. The van der Waals surface area contributed by atoms with Crippen LogP contribution in [0.3, 0.4) is 0 Å². The van der Waals surface area contributed by atoms with E-state index in [0.717, 1.165) is 13.1 Å². The summed E-state index contributed by atoms with van der Waals surface area (Å²) in [6, 6.07) is 1.54. The van der Waals surface area contributed by atoms with Crippen molar-refractivity contribution < 1.29 is 4.79 Å². The third-order valence-electron chi connectivity index (χ3n) is 2.80. The van der Waals surface area contributed by atoms with Gasteiger partial charge in [0.2, 0.25) is 0 Å². The van der Waals surface area contributed by atoms with Crippen LogP contribution in [0.1, 0.15) is 10.5 Å². The predicted molar refractivity (Wildman–Crippen MR) is 67.7 cm³/mol. The Balaban J connectivity index is 2.14. The van der Waals surface area contributed by atoms with Gasteiger partial charge in [-0.15, -0.1) is 0 Å². The van der Waals surface area contributed by atoms with Crippen molar-refractivity contribution in [2.24, 2.45) is 0 Å². The zero-order valence-electron chi connectivity index (χ0n) is 9.49. The monoisotopic (exact) mass is 273 g/mol. The number of likely N-dealkylation sites (N-methyl/N-ethyl adjacent to an activating group) is 1. The summed E-state index contributed by atoms with van der Waals surface area (Å²) in [5, 5.41) is 0.742. The van der Waals surface area contributed by atoms with Gasteiger partial charge in [-0.2, -0.15) is 0 Å². The van der Waals surface area contributed by atoms with Crippen molar-refractivity contribution in [1.29, 1.82) is 0 Å². The minimum absolute atomic E-state index is 0.125. The first kappa shape index (κ1) is 12.6. The van der Waals surface area contributed by atoms with Gasteiger partial charge < -0.3 is 9.80 Å². The van der Waals surface area contributed by atoms with E-state index in [9.17, 15) is 4.79 Å². The van der Waals surface area contributed by atoms with Crippen LogP contribution in [0.4, 0.5) is 0 Å².